The minimum absolute atomic E-state index is 0.0777. The lowest BCUT2D eigenvalue weighted by molar-refractivity contribution is -0.132. The third-order valence-electron chi connectivity index (χ3n) is 3.89. The molecule has 0 aliphatic rings. The zero-order chi connectivity index (χ0) is 18.1. The smallest absolute Gasteiger partial charge is 0.223 e. The molecule has 7 nitrogen and oxygen atoms in total. The second-order valence-electron chi connectivity index (χ2n) is 5.74. The molecule has 0 atom stereocenters. The highest BCUT2D eigenvalue weighted by atomic mass is 16.5. The quantitative estimate of drug-likeness (QED) is 0.656. The number of methoxy groups -OCH3 is 1. The summed E-state index contributed by atoms with van der Waals surface area (Å²) in [6, 6.07) is 7.83. The molecular formula is C18H26N4O3. The molecular weight excluding hydrogens is 320 g/mol. The van der Waals surface area contributed by atoms with Gasteiger partial charge < -0.3 is 18.9 Å². The maximum absolute atomic E-state index is 12.6. The van der Waals surface area contributed by atoms with Gasteiger partial charge in [0.25, 0.3) is 0 Å². The third kappa shape index (κ3) is 5.86. The van der Waals surface area contributed by atoms with Gasteiger partial charge in [0.05, 0.1) is 13.2 Å². The Morgan fingerprint density at radius 1 is 1.28 bits per heavy atom. The van der Waals surface area contributed by atoms with E-state index in [0.29, 0.717) is 39.1 Å². The van der Waals surface area contributed by atoms with Crippen LogP contribution in [0.2, 0.25) is 0 Å². The fourth-order valence-corrected chi connectivity index (χ4v) is 2.48. The molecule has 0 radical (unpaired) electrons. The van der Waals surface area contributed by atoms with E-state index >= 15 is 0 Å². The molecule has 1 amide bonds. The van der Waals surface area contributed by atoms with E-state index in [1.807, 2.05) is 47.7 Å². The number of carbonyl (C=O) groups is 1. The predicted octanol–water partition coefficient (Wildman–Crippen LogP) is 1.82. The van der Waals surface area contributed by atoms with Crippen molar-refractivity contribution in [1.29, 1.82) is 0 Å². The van der Waals surface area contributed by atoms with Crippen LogP contribution in [0.4, 0.5) is 0 Å². The van der Waals surface area contributed by atoms with Crippen LogP contribution in [0, 0.1) is 0 Å². The summed E-state index contributed by atoms with van der Waals surface area (Å²) in [5.74, 6) is 1.72. The van der Waals surface area contributed by atoms with Crippen LogP contribution in [0.25, 0.3) is 0 Å². The number of rotatable bonds is 10. The van der Waals surface area contributed by atoms with Crippen molar-refractivity contribution in [3.8, 4) is 5.75 Å². The molecule has 0 saturated heterocycles. The fraction of sp³-hybridized carbons (Fsp3) is 0.500. The number of benzene rings is 1. The van der Waals surface area contributed by atoms with Gasteiger partial charge in [-0.3, -0.25) is 4.79 Å². The summed E-state index contributed by atoms with van der Waals surface area (Å²) in [4.78, 5) is 14.4. The van der Waals surface area contributed by atoms with Gasteiger partial charge in [-0.05, 0) is 24.6 Å². The van der Waals surface area contributed by atoms with Crippen LogP contribution in [0.1, 0.15) is 24.7 Å². The summed E-state index contributed by atoms with van der Waals surface area (Å²) in [5.41, 5.74) is 1.06. The maximum Gasteiger partial charge on any atom is 0.223 e. The fourth-order valence-electron chi connectivity index (χ4n) is 2.48. The van der Waals surface area contributed by atoms with Crippen LogP contribution in [0.15, 0.2) is 30.6 Å². The standard InChI is InChI=1S/C18H26N4O3/c1-4-25-16-7-5-15(6-8-16)13-22(11-12-24-3)18(23)10-9-17-20-19-14-21(17)2/h5-8,14H,4,9-13H2,1-3H3. The largest absolute Gasteiger partial charge is 0.494 e. The minimum atomic E-state index is 0.0777. The highest BCUT2D eigenvalue weighted by molar-refractivity contribution is 5.76. The Balaban J connectivity index is 1.96. The van der Waals surface area contributed by atoms with Gasteiger partial charge in [0, 0.05) is 40.1 Å². The van der Waals surface area contributed by atoms with Gasteiger partial charge in [0.2, 0.25) is 5.91 Å². The summed E-state index contributed by atoms with van der Waals surface area (Å²) in [6.07, 6.45) is 2.61. The van der Waals surface area contributed by atoms with Crippen molar-refractivity contribution < 1.29 is 14.3 Å². The molecule has 2 aromatic rings. The molecule has 1 aromatic carbocycles. The van der Waals surface area contributed by atoms with Gasteiger partial charge in [-0.1, -0.05) is 12.1 Å². The first-order valence-electron chi connectivity index (χ1n) is 8.45. The van der Waals surface area contributed by atoms with E-state index in [1.54, 1.807) is 13.4 Å². The Morgan fingerprint density at radius 2 is 2.04 bits per heavy atom. The number of nitrogens with zero attached hydrogens (tertiary/aromatic N) is 4. The number of carbonyl (C=O) groups excluding carboxylic acids is 1. The minimum Gasteiger partial charge on any atom is -0.494 e. The summed E-state index contributed by atoms with van der Waals surface area (Å²) >= 11 is 0. The Bertz CT molecular complexity index is 655. The number of ether oxygens (including phenoxy) is 2. The van der Waals surface area contributed by atoms with E-state index in [1.165, 1.54) is 0 Å². The molecule has 0 saturated carbocycles. The van der Waals surface area contributed by atoms with Crippen molar-refractivity contribution in [1.82, 2.24) is 19.7 Å². The van der Waals surface area contributed by atoms with Crippen molar-refractivity contribution in [2.75, 3.05) is 26.9 Å². The second kappa shape index (κ2) is 9.78. The molecule has 0 aliphatic carbocycles. The van der Waals surface area contributed by atoms with Gasteiger partial charge in [-0.25, -0.2) is 0 Å². The molecule has 0 bridgehead atoms. The first kappa shape index (κ1) is 18.9. The highest BCUT2D eigenvalue weighted by Gasteiger charge is 2.15. The lowest BCUT2D eigenvalue weighted by atomic mass is 10.2. The maximum atomic E-state index is 12.6. The Kier molecular flexibility index (Phi) is 7.40. The molecule has 2 rings (SSSR count). The molecule has 0 spiro atoms. The number of aromatic nitrogens is 3. The second-order valence-corrected chi connectivity index (χ2v) is 5.74. The monoisotopic (exact) mass is 346 g/mol. The van der Waals surface area contributed by atoms with E-state index in [9.17, 15) is 4.79 Å². The summed E-state index contributed by atoms with van der Waals surface area (Å²) < 4.78 is 12.4. The highest BCUT2D eigenvalue weighted by Crippen LogP contribution is 2.14. The van der Waals surface area contributed by atoms with Gasteiger partial charge >= 0.3 is 0 Å². The van der Waals surface area contributed by atoms with Crippen LogP contribution < -0.4 is 4.74 Å². The van der Waals surface area contributed by atoms with E-state index in [2.05, 4.69) is 10.2 Å². The van der Waals surface area contributed by atoms with Crippen molar-refractivity contribution >= 4 is 5.91 Å². The van der Waals surface area contributed by atoms with Gasteiger partial charge in [0.1, 0.15) is 17.9 Å². The molecule has 0 N–H and O–H groups in total. The van der Waals surface area contributed by atoms with Gasteiger partial charge in [-0.15, -0.1) is 10.2 Å². The molecule has 0 unspecified atom stereocenters. The Morgan fingerprint density at radius 3 is 2.64 bits per heavy atom. The first-order chi connectivity index (χ1) is 12.1. The van der Waals surface area contributed by atoms with E-state index in [0.717, 1.165) is 17.1 Å². The first-order valence-corrected chi connectivity index (χ1v) is 8.45. The lowest BCUT2D eigenvalue weighted by Gasteiger charge is -2.22. The third-order valence-corrected chi connectivity index (χ3v) is 3.89. The zero-order valence-corrected chi connectivity index (χ0v) is 15.1. The topological polar surface area (TPSA) is 69.5 Å². The molecule has 1 heterocycles. The van der Waals surface area contributed by atoms with Crippen molar-refractivity contribution in [2.45, 2.75) is 26.3 Å². The van der Waals surface area contributed by atoms with Crippen LogP contribution >= 0.6 is 0 Å². The molecule has 0 fully saturated rings. The number of aryl methyl sites for hydroxylation is 2. The van der Waals surface area contributed by atoms with E-state index in [-0.39, 0.29) is 5.91 Å². The van der Waals surface area contributed by atoms with Crippen molar-refractivity contribution in [3.05, 3.63) is 42.0 Å². The summed E-state index contributed by atoms with van der Waals surface area (Å²) in [6.45, 7) is 4.21. The zero-order valence-electron chi connectivity index (χ0n) is 15.1. The average Bonchev–Trinajstić information content (AvgIpc) is 3.03. The molecule has 136 valence electrons. The van der Waals surface area contributed by atoms with E-state index < -0.39 is 0 Å². The Labute approximate surface area is 148 Å². The predicted molar refractivity (Wildman–Crippen MR) is 94.2 cm³/mol. The number of hydrogen-bond acceptors (Lipinski definition) is 5. The molecule has 1 aromatic heterocycles. The average molecular weight is 346 g/mol. The van der Waals surface area contributed by atoms with Crippen LogP contribution in [-0.4, -0.2) is 52.4 Å². The summed E-state index contributed by atoms with van der Waals surface area (Å²) in [7, 11) is 3.52. The number of amides is 1. The van der Waals surface area contributed by atoms with Crippen LogP contribution in [0.3, 0.4) is 0 Å². The van der Waals surface area contributed by atoms with Crippen molar-refractivity contribution in [2.24, 2.45) is 7.05 Å². The SMILES string of the molecule is CCOc1ccc(CN(CCOC)C(=O)CCc2nncn2C)cc1. The van der Waals surface area contributed by atoms with Crippen molar-refractivity contribution in [3.63, 3.8) is 0 Å². The Hall–Kier alpha value is -2.41. The number of hydrogen-bond donors (Lipinski definition) is 0. The normalized spacial score (nSPS) is 10.7. The lowest BCUT2D eigenvalue weighted by Crippen LogP contribution is -2.33. The molecule has 25 heavy (non-hydrogen) atoms. The van der Waals surface area contributed by atoms with Crippen LogP contribution in [0.5, 0.6) is 5.75 Å². The van der Waals surface area contributed by atoms with Gasteiger partial charge in [-0.2, -0.15) is 0 Å². The summed E-state index contributed by atoms with van der Waals surface area (Å²) in [5, 5.41) is 7.87. The van der Waals surface area contributed by atoms with Gasteiger partial charge in [0.15, 0.2) is 0 Å². The van der Waals surface area contributed by atoms with Crippen LogP contribution in [-0.2, 0) is 29.5 Å². The van der Waals surface area contributed by atoms with E-state index in [4.69, 9.17) is 9.47 Å². The molecule has 0 aliphatic heterocycles. The molecule has 7 heteroatoms.